The van der Waals surface area contributed by atoms with Crippen molar-refractivity contribution in [2.75, 3.05) is 14.2 Å². The fourth-order valence-electron chi connectivity index (χ4n) is 2.17. The number of aryl methyl sites for hydroxylation is 1. The molecule has 0 N–H and O–H groups in total. The van der Waals surface area contributed by atoms with Crippen molar-refractivity contribution >= 4 is 11.3 Å². The van der Waals surface area contributed by atoms with Crippen molar-refractivity contribution in [2.45, 2.75) is 32.9 Å². The summed E-state index contributed by atoms with van der Waals surface area (Å²) < 4.78 is 5.26. The van der Waals surface area contributed by atoms with Gasteiger partial charge in [0.25, 0.3) is 0 Å². The van der Waals surface area contributed by atoms with Crippen molar-refractivity contribution in [1.82, 2.24) is 9.88 Å². The topological polar surface area (TPSA) is 25.4 Å². The first kappa shape index (κ1) is 15.0. The first-order valence-corrected chi connectivity index (χ1v) is 7.84. The lowest BCUT2D eigenvalue weighted by atomic mass is 10.2. The van der Waals surface area contributed by atoms with Gasteiger partial charge in [-0.05, 0) is 37.6 Å². The third-order valence-corrected chi connectivity index (χ3v) is 4.04. The average molecular weight is 290 g/mol. The normalized spacial score (nSPS) is 11.0. The van der Waals surface area contributed by atoms with Gasteiger partial charge in [-0.3, -0.25) is 4.90 Å². The molecule has 0 amide bonds. The third-order valence-electron chi connectivity index (χ3n) is 3.08. The van der Waals surface area contributed by atoms with Crippen molar-refractivity contribution < 1.29 is 4.74 Å². The zero-order valence-corrected chi connectivity index (χ0v) is 13.2. The summed E-state index contributed by atoms with van der Waals surface area (Å²) in [5.41, 5.74) is 2.43. The van der Waals surface area contributed by atoms with Crippen LogP contribution in [0.4, 0.5) is 0 Å². The van der Waals surface area contributed by atoms with E-state index in [1.54, 1.807) is 18.4 Å². The molecule has 0 spiro atoms. The van der Waals surface area contributed by atoms with Crippen LogP contribution in [0.3, 0.4) is 0 Å². The first-order chi connectivity index (χ1) is 9.71. The number of hydrogen-bond donors (Lipinski definition) is 0. The molecular formula is C16H22N2OS. The van der Waals surface area contributed by atoms with Crippen LogP contribution in [0.15, 0.2) is 29.6 Å². The van der Waals surface area contributed by atoms with Crippen LogP contribution >= 0.6 is 11.3 Å². The number of aromatic nitrogens is 1. The molecule has 0 unspecified atom stereocenters. The molecular weight excluding hydrogens is 268 g/mol. The minimum absolute atomic E-state index is 0.886. The van der Waals surface area contributed by atoms with Gasteiger partial charge >= 0.3 is 0 Å². The molecule has 0 saturated carbocycles. The summed E-state index contributed by atoms with van der Waals surface area (Å²) >= 11 is 1.77. The van der Waals surface area contributed by atoms with Gasteiger partial charge in [-0.1, -0.05) is 19.1 Å². The lowest BCUT2D eigenvalue weighted by Crippen LogP contribution is -2.17. The number of methoxy groups -OCH3 is 1. The molecule has 0 aliphatic carbocycles. The van der Waals surface area contributed by atoms with E-state index in [-0.39, 0.29) is 0 Å². The molecule has 0 fully saturated rings. The molecule has 2 rings (SSSR count). The van der Waals surface area contributed by atoms with Gasteiger partial charge in [-0.25, -0.2) is 4.98 Å². The Hall–Kier alpha value is -1.39. The fourth-order valence-corrected chi connectivity index (χ4v) is 3.06. The highest BCUT2D eigenvalue weighted by Crippen LogP contribution is 2.16. The SMILES string of the molecule is CCCc1nc(CN(C)Cc2cccc(OC)c2)cs1. The monoisotopic (exact) mass is 290 g/mol. The fraction of sp³-hybridized carbons (Fsp3) is 0.438. The number of nitrogens with zero attached hydrogens (tertiary/aromatic N) is 2. The Morgan fingerprint density at radius 2 is 2.15 bits per heavy atom. The summed E-state index contributed by atoms with van der Waals surface area (Å²) in [5, 5.41) is 3.42. The van der Waals surface area contributed by atoms with Crippen molar-refractivity contribution in [3.05, 3.63) is 45.9 Å². The quantitative estimate of drug-likeness (QED) is 0.777. The van der Waals surface area contributed by atoms with E-state index in [2.05, 4.69) is 41.4 Å². The second-order valence-electron chi connectivity index (χ2n) is 5.01. The van der Waals surface area contributed by atoms with Gasteiger partial charge in [-0.2, -0.15) is 0 Å². The Bertz CT molecular complexity index is 539. The van der Waals surface area contributed by atoms with E-state index in [0.29, 0.717) is 0 Å². The molecule has 108 valence electrons. The van der Waals surface area contributed by atoms with Crippen LogP contribution in [0.5, 0.6) is 5.75 Å². The highest BCUT2D eigenvalue weighted by molar-refractivity contribution is 7.09. The van der Waals surface area contributed by atoms with E-state index in [1.807, 2.05) is 12.1 Å². The van der Waals surface area contributed by atoms with Gasteiger partial charge in [-0.15, -0.1) is 11.3 Å². The van der Waals surface area contributed by atoms with Gasteiger partial charge < -0.3 is 4.74 Å². The molecule has 0 aliphatic rings. The van der Waals surface area contributed by atoms with Crippen LogP contribution in [0.1, 0.15) is 29.6 Å². The summed E-state index contributed by atoms with van der Waals surface area (Å²) in [7, 11) is 3.83. The van der Waals surface area contributed by atoms with Gasteiger partial charge in [0.1, 0.15) is 5.75 Å². The first-order valence-electron chi connectivity index (χ1n) is 6.96. The second kappa shape index (κ2) is 7.41. The van der Waals surface area contributed by atoms with Crippen LogP contribution in [0, 0.1) is 0 Å². The number of rotatable bonds is 7. The Kier molecular flexibility index (Phi) is 5.56. The number of benzene rings is 1. The smallest absolute Gasteiger partial charge is 0.119 e. The van der Waals surface area contributed by atoms with Gasteiger partial charge in [0.2, 0.25) is 0 Å². The van der Waals surface area contributed by atoms with Crippen molar-refractivity contribution in [3.63, 3.8) is 0 Å². The van der Waals surface area contributed by atoms with Crippen molar-refractivity contribution in [1.29, 1.82) is 0 Å². The molecule has 1 aromatic carbocycles. The van der Waals surface area contributed by atoms with Crippen LogP contribution in [-0.2, 0) is 19.5 Å². The summed E-state index contributed by atoms with van der Waals surface area (Å²) in [5.74, 6) is 0.912. The molecule has 0 atom stereocenters. The molecule has 2 aromatic rings. The van der Waals surface area contributed by atoms with E-state index >= 15 is 0 Å². The van der Waals surface area contributed by atoms with E-state index in [4.69, 9.17) is 4.74 Å². The maximum atomic E-state index is 5.26. The Morgan fingerprint density at radius 1 is 1.30 bits per heavy atom. The van der Waals surface area contributed by atoms with Crippen LogP contribution in [-0.4, -0.2) is 24.0 Å². The van der Waals surface area contributed by atoms with E-state index in [1.165, 1.54) is 16.3 Å². The Labute approximate surface area is 125 Å². The molecule has 3 nitrogen and oxygen atoms in total. The Morgan fingerprint density at radius 3 is 2.90 bits per heavy atom. The maximum absolute atomic E-state index is 5.26. The lowest BCUT2D eigenvalue weighted by molar-refractivity contribution is 0.314. The van der Waals surface area contributed by atoms with Gasteiger partial charge in [0.05, 0.1) is 17.8 Å². The number of thiazole rings is 1. The third kappa shape index (κ3) is 4.32. The van der Waals surface area contributed by atoms with Gasteiger partial charge in [0.15, 0.2) is 0 Å². The van der Waals surface area contributed by atoms with Crippen molar-refractivity contribution in [3.8, 4) is 5.75 Å². The predicted molar refractivity (Wildman–Crippen MR) is 84.3 cm³/mol. The second-order valence-corrected chi connectivity index (χ2v) is 5.95. The largest absolute Gasteiger partial charge is 0.497 e. The molecule has 1 aromatic heterocycles. The molecule has 0 saturated heterocycles. The summed E-state index contributed by atoms with van der Waals surface area (Å²) in [6.45, 7) is 3.98. The molecule has 0 radical (unpaired) electrons. The van der Waals surface area contributed by atoms with Crippen LogP contribution in [0.2, 0.25) is 0 Å². The summed E-state index contributed by atoms with van der Waals surface area (Å²) in [6, 6.07) is 8.22. The van der Waals surface area contributed by atoms with Crippen LogP contribution in [0.25, 0.3) is 0 Å². The van der Waals surface area contributed by atoms with E-state index in [9.17, 15) is 0 Å². The standard InChI is InChI=1S/C16H22N2OS/c1-4-6-16-17-14(12-20-16)11-18(2)10-13-7-5-8-15(9-13)19-3/h5,7-9,12H,4,6,10-11H2,1-3H3. The summed E-state index contributed by atoms with van der Waals surface area (Å²) in [6.07, 6.45) is 2.25. The molecule has 1 heterocycles. The zero-order valence-electron chi connectivity index (χ0n) is 12.4. The summed E-state index contributed by atoms with van der Waals surface area (Å²) in [4.78, 5) is 6.94. The van der Waals surface area contributed by atoms with Crippen molar-refractivity contribution in [2.24, 2.45) is 0 Å². The minimum Gasteiger partial charge on any atom is -0.497 e. The average Bonchev–Trinajstić information content (AvgIpc) is 2.86. The Balaban J connectivity index is 1.92. The lowest BCUT2D eigenvalue weighted by Gasteiger charge is -2.15. The minimum atomic E-state index is 0.886. The van der Waals surface area contributed by atoms with Crippen LogP contribution < -0.4 is 4.74 Å². The molecule has 4 heteroatoms. The van der Waals surface area contributed by atoms with E-state index < -0.39 is 0 Å². The highest BCUT2D eigenvalue weighted by Gasteiger charge is 2.06. The number of hydrogen-bond acceptors (Lipinski definition) is 4. The molecule has 0 bridgehead atoms. The zero-order chi connectivity index (χ0) is 14.4. The maximum Gasteiger partial charge on any atom is 0.119 e. The van der Waals surface area contributed by atoms with E-state index in [0.717, 1.165) is 31.7 Å². The van der Waals surface area contributed by atoms with Gasteiger partial charge in [0, 0.05) is 18.5 Å². The molecule has 0 aliphatic heterocycles. The predicted octanol–water partition coefficient (Wildman–Crippen LogP) is 3.74. The highest BCUT2D eigenvalue weighted by atomic mass is 32.1. The number of ether oxygens (including phenoxy) is 1. The molecule has 20 heavy (non-hydrogen) atoms.